The first-order chi connectivity index (χ1) is 7.72. The Morgan fingerprint density at radius 1 is 1.38 bits per heavy atom. The molecule has 0 atom stereocenters. The van der Waals surface area contributed by atoms with Crippen molar-refractivity contribution in [3.05, 3.63) is 28.8 Å². The lowest BCUT2D eigenvalue weighted by atomic mass is 10.1. The zero-order chi connectivity index (χ0) is 11.5. The van der Waals surface area contributed by atoms with E-state index in [2.05, 4.69) is 11.9 Å². The molecule has 1 N–H and O–H groups in total. The van der Waals surface area contributed by atoms with Gasteiger partial charge in [-0.2, -0.15) is 0 Å². The molecular formula is C13H18ClNO. The summed E-state index contributed by atoms with van der Waals surface area (Å²) in [4.78, 5) is 2.31. The summed E-state index contributed by atoms with van der Waals surface area (Å²) in [5.41, 5.74) is 1.94. The van der Waals surface area contributed by atoms with E-state index in [4.69, 9.17) is 16.7 Å². The molecule has 2 rings (SSSR count). The molecule has 3 heteroatoms. The van der Waals surface area contributed by atoms with Gasteiger partial charge in [0, 0.05) is 23.8 Å². The molecule has 0 unspecified atom stereocenters. The van der Waals surface area contributed by atoms with Crippen LogP contribution in [0.2, 0.25) is 5.02 Å². The van der Waals surface area contributed by atoms with Crippen LogP contribution in [0.4, 0.5) is 5.69 Å². The predicted octanol–water partition coefficient (Wildman–Crippen LogP) is 3.21. The van der Waals surface area contributed by atoms with E-state index >= 15 is 0 Å². The Balaban J connectivity index is 2.16. The van der Waals surface area contributed by atoms with Gasteiger partial charge in [0.15, 0.2) is 0 Å². The van der Waals surface area contributed by atoms with Gasteiger partial charge in [0.1, 0.15) is 0 Å². The number of rotatable bonds is 3. The van der Waals surface area contributed by atoms with Crippen LogP contribution < -0.4 is 4.90 Å². The average Bonchev–Trinajstić information content (AvgIpc) is 2.81. The zero-order valence-electron chi connectivity index (χ0n) is 9.62. The second-order valence-corrected chi connectivity index (χ2v) is 4.89. The smallest absolute Gasteiger partial charge is 0.0696 e. The molecular weight excluding hydrogens is 222 g/mol. The van der Waals surface area contributed by atoms with Crippen LogP contribution in [0.5, 0.6) is 0 Å². The number of anilines is 1. The molecule has 0 aliphatic heterocycles. The molecule has 88 valence electrons. The van der Waals surface area contributed by atoms with Crippen molar-refractivity contribution in [2.24, 2.45) is 0 Å². The molecule has 0 spiro atoms. The van der Waals surface area contributed by atoms with E-state index in [1.807, 2.05) is 18.2 Å². The van der Waals surface area contributed by atoms with Crippen molar-refractivity contribution in [2.45, 2.75) is 38.3 Å². The summed E-state index contributed by atoms with van der Waals surface area (Å²) in [6.45, 7) is 0.00621. The van der Waals surface area contributed by atoms with Crippen LogP contribution in [-0.4, -0.2) is 18.2 Å². The van der Waals surface area contributed by atoms with E-state index in [1.165, 1.54) is 25.7 Å². The summed E-state index contributed by atoms with van der Waals surface area (Å²) in [7, 11) is 2.13. The maximum absolute atomic E-state index is 9.06. The van der Waals surface area contributed by atoms with Gasteiger partial charge in [-0.25, -0.2) is 0 Å². The minimum absolute atomic E-state index is 0.00621. The lowest BCUT2D eigenvalue weighted by molar-refractivity contribution is 0.282. The van der Waals surface area contributed by atoms with Gasteiger partial charge in [0.05, 0.1) is 6.61 Å². The molecule has 2 nitrogen and oxygen atoms in total. The summed E-state index contributed by atoms with van der Waals surface area (Å²) in [6.07, 6.45) is 5.21. The van der Waals surface area contributed by atoms with Crippen LogP contribution in [0.25, 0.3) is 0 Å². The predicted molar refractivity (Wildman–Crippen MR) is 68.0 cm³/mol. The Labute approximate surface area is 102 Å². The first-order valence-corrected chi connectivity index (χ1v) is 6.22. The Morgan fingerprint density at radius 2 is 2.06 bits per heavy atom. The van der Waals surface area contributed by atoms with Crippen molar-refractivity contribution < 1.29 is 5.11 Å². The summed E-state index contributed by atoms with van der Waals surface area (Å²) >= 11 is 6.09. The molecule has 1 saturated carbocycles. The topological polar surface area (TPSA) is 23.5 Å². The molecule has 0 heterocycles. The summed E-state index contributed by atoms with van der Waals surface area (Å²) < 4.78 is 0. The van der Waals surface area contributed by atoms with E-state index in [-0.39, 0.29) is 6.61 Å². The van der Waals surface area contributed by atoms with Crippen molar-refractivity contribution in [1.82, 2.24) is 0 Å². The average molecular weight is 240 g/mol. The second-order valence-electron chi connectivity index (χ2n) is 4.48. The monoisotopic (exact) mass is 239 g/mol. The number of nitrogens with zero attached hydrogens (tertiary/aromatic N) is 1. The molecule has 1 aromatic carbocycles. The van der Waals surface area contributed by atoms with Gasteiger partial charge in [-0.05, 0) is 30.5 Å². The Kier molecular flexibility index (Phi) is 3.72. The maximum atomic E-state index is 9.06. The standard InChI is InChI=1S/C13H18ClNO/c1-15(11-4-2-3-5-11)12-7-6-10(9-16)13(14)8-12/h6-8,11,16H,2-5,9H2,1H3. The fourth-order valence-corrected chi connectivity index (χ4v) is 2.62. The van der Waals surface area contributed by atoms with Crippen LogP contribution in [0.3, 0.4) is 0 Å². The van der Waals surface area contributed by atoms with E-state index < -0.39 is 0 Å². The molecule has 0 aromatic heterocycles. The normalized spacial score (nSPS) is 16.7. The molecule has 1 aromatic rings. The SMILES string of the molecule is CN(c1ccc(CO)c(Cl)c1)C1CCCC1. The van der Waals surface area contributed by atoms with E-state index in [9.17, 15) is 0 Å². The van der Waals surface area contributed by atoms with Gasteiger partial charge in [-0.15, -0.1) is 0 Å². The summed E-state index contributed by atoms with van der Waals surface area (Å²) in [6, 6.07) is 6.54. The minimum Gasteiger partial charge on any atom is -0.392 e. The molecule has 0 bridgehead atoms. The minimum atomic E-state index is 0.00621. The highest BCUT2D eigenvalue weighted by atomic mass is 35.5. The number of benzene rings is 1. The molecule has 1 aliphatic carbocycles. The van der Waals surface area contributed by atoms with Gasteiger partial charge in [0.25, 0.3) is 0 Å². The van der Waals surface area contributed by atoms with Crippen LogP contribution in [-0.2, 0) is 6.61 Å². The Morgan fingerprint density at radius 3 is 2.62 bits per heavy atom. The van der Waals surface area contributed by atoms with E-state index in [1.54, 1.807) is 0 Å². The number of aliphatic hydroxyl groups excluding tert-OH is 1. The number of hydrogen-bond acceptors (Lipinski definition) is 2. The molecule has 0 amide bonds. The lowest BCUT2D eigenvalue weighted by Gasteiger charge is -2.27. The van der Waals surface area contributed by atoms with Crippen molar-refractivity contribution in [1.29, 1.82) is 0 Å². The lowest BCUT2D eigenvalue weighted by Crippen LogP contribution is -2.28. The fourth-order valence-electron chi connectivity index (χ4n) is 2.39. The highest BCUT2D eigenvalue weighted by Gasteiger charge is 2.20. The molecule has 1 aliphatic rings. The van der Waals surface area contributed by atoms with Gasteiger partial charge >= 0.3 is 0 Å². The van der Waals surface area contributed by atoms with Crippen LogP contribution in [0.1, 0.15) is 31.2 Å². The van der Waals surface area contributed by atoms with Crippen LogP contribution >= 0.6 is 11.6 Å². The second kappa shape index (κ2) is 5.07. The summed E-state index contributed by atoms with van der Waals surface area (Å²) in [5, 5.41) is 9.72. The van der Waals surface area contributed by atoms with Crippen LogP contribution in [0.15, 0.2) is 18.2 Å². The number of halogens is 1. The zero-order valence-corrected chi connectivity index (χ0v) is 10.4. The van der Waals surface area contributed by atoms with Gasteiger partial charge in [-0.3, -0.25) is 0 Å². The van der Waals surface area contributed by atoms with Crippen molar-refractivity contribution in [2.75, 3.05) is 11.9 Å². The van der Waals surface area contributed by atoms with Gasteiger partial charge in [-0.1, -0.05) is 30.5 Å². The van der Waals surface area contributed by atoms with Crippen molar-refractivity contribution in [3.8, 4) is 0 Å². The first kappa shape index (κ1) is 11.7. The number of aliphatic hydroxyl groups is 1. The highest BCUT2D eigenvalue weighted by Crippen LogP contribution is 2.29. The maximum Gasteiger partial charge on any atom is 0.0696 e. The van der Waals surface area contributed by atoms with Gasteiger partial charge < -0.3 is 10.0 Å². The largest absolute Gasteiger partial charge is 0.392 e. The van der Waals surface area contributed by atoms with E-state index in [0.717, 1.165) is 11.3 Å². The molecule has 0 saturated heterocycles. The third kappa shape index (κ3) is 2.33. The van der Waals surface area contributed by atoms with Crippen LogP contribution in [0, 0.1) is 0 Å². The molecule has 0 radical (unpaired) electrons. The summed E-state index contributed by atoms with van der Waals surface area (Å²) in [5.74, 6) is 0. The number of hydrogen-bond donors (Lipinski definition) is 1. The first-order valence-electron chi connectivity index (χ1n) is 5.84. The molecule has 16 heavy (non-hydrogen) atoms. The van der Waals surface area contributed by atoms with Crippen molar-refractivity contribution in [3.63, 3.8) is 0 Å². The highest BCUT2D eigenvalue weighted by molar-refractivity contribution is 6.31. The Bertz CT molecular complexity index is 361. The van der Waals surface area contributed by atoms with E-state index in [0.29, 0.717) is 11.1 Å². The van der Waals surface area contributed by atoms with Crippen molar-refractivity contribution >= 4 is 17.3 Å². The third-order valence-corrected chi connectivity index (χ3v) is 3.84. The van der Waals surface area contributed by atoms with Gasteiger partial charge in [0.2, 0.25) is 0 Å². The fraction of sp³-hybridized carbons (Fsp3) is 0.538. The molecule has 1 fully saturated rings. The Hall–Kier alpha value is -0.730. The quantitative estimate of drug-likeness (QED) is 0.876. The third-order valence-electron chi connectivity index (χ3n) is 3.49.